The quantitative estimate of drug-likeness (QED) is 0.790. The zero-order valence-corrected chi connectivity index (χ0v) is 7.68. The van der Waals surface area contributed by atoms with Crippen LogP contribution in [0.25, 0.3) is 0 Å². The average Bonchev–Trinajstić information content (AvgIpc) is 2.16. The van der Waals surface area contributed by atoms with Gasteiger partial charge in [-0.15, -0.1) is 0 Å². The van der Waals surface area contributed by atoms with E-state index in [0.29, 0.717) is 24.3 Å². The van der Waals surface area contributed by atoms with E-state index in [1.54, 1.807) is 0 Å². The first-order valence-corrected chi connectivity index (χ1v) is 4.01. The number of benzene rings is 1. The molecule has 1 rings (SSSR count). The number of nitrogens with two attached hydrogens (primary N) is 1. The van der Waals surface area contributed by atoms with Gasteiger partial charge >= 0.3 is 12.1 Å². The van der Waals surface area contributed by atoms with Crippen LogP contribution in [-0.2, 0) is 16.9 Å². The van der Waals surface area contributed by atoms with E-state index >= 15 is 0 Å². The van der Waals surface area contributed by atoms with Crippen molar-refractivity contribution >= 4 is 5.91 Å². The van der Waals surface area contributed by atoms with Crippen molar-refractivity contribution in [1.82, 2.24) is 0 Å². The van der Waals surface area contributed by atoms with Gasteiger partial charge in [-0.25, -0.2) is 0 Å². The molecule has 2 nitrogen and oxygen atoms in total. The van der Waals surface area contributed by atoms with Crippen LogP contribution in [0.5, 0.6) is 0 Å². The lowest BCUT2D eigenvalue weighted by Gasteiger charge is -2.13. The Bertz CT molecular complexity index is 395. The summed E-state index contributed by atoms with van der Waals surface area (Å²) < 4.78 is 62.2. The van der Waals surface area contributed by atoms with E-state index < -0.39 is 29.1 Å². The van der Waals surface area contributed by atoms with Gasteiger partial charge in [-0.3, -0.25) is 4.79 Å². The van der Waals surface area contributed by atoms with Crippen molar-refractivity contribution in [2.24, 2.45) is 5.73 Å². The number of carbonyl (C=O) groups excluding carboxylic acids is 1. The molecule has 1 aromatic carbocycles. The molecule has 0 spiro atoms. The molecule has 0 heterocycles. The van der Waals surface area contributed by atoms with Gasteiger partial charge in [0.25, 0.3) is 5.91 Å². The molecule has 1 amide bonds. The molecule has 0 atom stereocenters. The molecule has 1 aromatic rings. The number of hydrogen-bond acceptors (Lipinski definition) is 1. The maximum atomic E-state index is 13.0. The average molecular weight is 239 g/mol. The van der Waals surface area contributed by atoms with E-state index in [4.69, 9.17) is 0 Å². The van der Waals surface area contributed by atoms with Crippen molar-refractivity contribution in [3.63, 3.8) is 0 Å². The molecule has 0 aromatic heterocycles. The van der Waals surface area contributed by atoms with Gasteiger partial charge in [0.15, 0.2) is 0 Å². The first-order chi connectivity index (χ1) is 7.15. The summed E-state index contributed by atoms with van der Waals surface area (Å²) in [5.41, 5.74) is 2.47. The van der Waals surface area contributed by atoms with Crippen LogP contribution in [0.2, 0.25) is 0 Å². The van der Waals surface area contributed by atoms with Gasteiger partial charge in [0, 0.05) is 5.56 Å². The molecule has 0 saturated carbocycles. The molecule has 88 valence electrons. The van der Waals surface area contributed by atoms with Crippen LogP contribution in [0.4, 0.5) is 22.0 Å². The fourth-order valence-corrected chi connectivity index (χ4v) is 1.01. The Morgan fingerprint density at radius 2 is 1.31 bits per heavy atom. The topological polar surface area (TPSA) is 43.1 Å². The molecule has 0 unspecified atom stereocenters. The largest absolute Gasteiger partial charge is 0.416 e. The Kier molecular flexibility index (Phi) is 2.89. The lowest BCUT2D eigenvalue weighted by Crippen LogP contribution is -2.32. The number of amides is 1. The SMILES string of the molecule is NC(=O)C(F)(F)c1ccc(C(F)(F)F)cc1. The van der Waals surface area contributed by atoms with Crippen LogP contribution in [0.1, 0.15) is 11.1 Å². The van der Waals surface area contributed by atoms with Crippen LogP contribution < -0.4 is 5.73 Å². The molecule has 0 saturated heterocycles. The number of primary amides is 1. The van der Waals surface area contributed by atoms with Gasteiger partial charge in [0.05, 0.1) is 5.56 Å². The van der Waals surface area contributed by atoms with E-state index in [2.05, 4.69) is 5.73 Å². The normalized spacial score (nSPS) is 12.6. The first-order valence-electron chi connectivity index (χ1n) is 4.01. The summed E-state index contributed by atoms with van der Waals surface area (Å²) >= 11 is 0. The molecule has 0 fully saturated rings. The fourth-order valence-electron chi connectivity index (χ4n) is 1.01. The highest BCUT2D eigenvalue weighted by Crippen LogP contribution is 2.32. The van der Waals surface area contributed by atoms with Crippen LogP contribution in [-0.4, -0.2) is 5.91 Å². The minimum absolute atomic E-state index is 0.464. The van der Waals surface area contributed by atoms with Gasteiger partial charge in [-0.05, 0) is 12.1 Å². The third-order valence-corrected chi connectivity index (χ3v) is 1.88. The smallest absolute Gasteiger partial charge is 0.364 e. The minimum Gasteiger partial charge on any atom is -0.364 e. The van der Waals surface area contributed by atoms with Crippen molar-refractivity contribution in [3.8, 4) is 0 Å². The second-order valence-electron chi connectivity index (χ2n) is 3.01. The van der Waals surface area contributed by atoms with E-state index in [1.807, 2.05) is 0 Å². The number of hydrogen-bond donors (Lipinski definition) is 1. The molecular formula is C9H6F5NO. The summed E-state index contributed by atoms with van der Waals surface area (Å²) in [4.78, 5) is 10.4. The van der Waals surface area contributed by atoms with Crippen molar-refractivity contribution in [2.45, 2.75) is 12.1 Å². The van der Waals surface area contributed by atoms with Crippen LogP contribution in [0.3, 0.4) is 0 Å². The second kappa shape index (κ2) is 3.73. The molecule has 0 bridgehead atoms. The predicted molar refractivity (Wildman–Crippen MR) is 44.5 cm³/mol. The molecule has 16 heavy (non-hydrogen) atoms. The Hall–Kier alpha value is -1.66. The number of halogens is 5. The van der Waals surface area contributed by atoms with Gasteiger partial charge in [-0.1, -0.05) is 12.1 Å². The number of rotatable bonds is 2. The maximum Gasteiger partial charge on any atom is 0.416 e. The van der Waals surface area contributed by atoms with E-state index in [-0.39, 0.29) is 0 Å². The Morgan fingerprint density at radius 1 is 0.938 bits per heavy atom. The molecule has 0 aliphatic rings. The van der Waals surface area contributed by atoms with Crippen molar-refractivity contribution in [3.05, 3.63) is 35.4 Å². The standard InChI is InChI=1S/C9H6F5NO/c10-8(11,7(15)16)5-1-3-6(4-2-5)9(12,13)14/h1-4H,(H2,15,16). The maximum absolute atomic E-state index is 13.0. The summed E-state index contributed by atoms with van der Waals surface area (Å²) in [7, 11) is 0. The van der Waals surface area contributed by atoms with Gasteiger partial charge < -0.3 is 5.73 Å². The highest BCUT2D eigenvalue weighted by atomic mass is 19.4. The fraction of sp³-hybridized carbons (Fsp3) is 0.222. The third kappa shape index (κ3) is 2.29. The van der Waals surface area contributed by atoms with E-state index in [9.17, 15) is 26.7 Å². The highest BCUT2D eigenvalue weighted by molar-refractivity contribution is 5.83. The molecule has 7 heteroatoms. The third-order valence-electron chi connectivity index (χ3n) is 1.88. The zero-order chi connectivity index (χ0) is 12.6. The van der Waals surface area contributed by atoms with Crippen molar-refractivity contribution in [2.75, 3.05) is 0 Å². The summed E-state index contributed by atoms with van der Waals surface area (Å²) in [6, 6.07) is 1.97. The molecule has 2 N–H and O–H groups in total. The van der Waals surface area contributed by atoms with E-state index in [0.717, 1.165) is 0 Å². The molecule has 0 aliphatic heterocycles. The zero-order valence-electron chi connectivity index (χ0n) is 7.68. The van der Waals surface area contributed by atoms with Crippen LogP contribution in [0, 0.1) is 0 Å². The first kappa shape index (κ1) is 12.4. The monoisotopic (exact) mass is 239 g/mol. The van der Waals surface area contributed by atoms with Crippen molar-refractivity contribution < 1.29 is 26.7 Å². The summed E-state index contributed by atoms with van der Waals surface area (Å²) in [5, 5.41) is 0. The lowest BCUT2D eigenvalue weighted by atomic mass is 10.1. The Balaban J connectivity index is 3.09. The highest BCUT2D eigenvalue weighted by Gasteiger charge is 2.39. The van der Waals surface area contributed by atoms with E-state index in [1.165, 1.54) is 0 Å². The molecular weight excluding hydrogens is 233 g/mol. The molecule has 0 radical (unpaired) electrons. The predicted octanol–water partition coefficient (Wildman–Crippen LogP) is 2.28. The Labute approximate surface area is 86.9 Å². The molecule has 0 aliphatic carbocycles. The number of alkyl halides is 5. The van der Waals surface area contributed by atoms with Gasteiger partial charge in [0.2, 0.25) is 0 Å². The number of carbonyl (C=O) groups is 1. The van der Waals surface area contributed by atoms with Crippen LogP contribution in [0.15, 0.2) is 24.3 Å². The summed E-state index contributed by atoms with van der Waals surface area (Å²) in [6.45, 7) is 0. The van der Waals surface area contributed by atoms with Gasteiger partial charge in [-0.2, -0.15) is 22.0 Å². The van der Waals surface area contributed by atoms with Gasteiger partial charge in [0.1, 0.15) is 0 Å². The van der Waals surface area contributed by atoms with Crippen molar-refractivity contribution in [1.29, 1.82) is 0 Å². The summed E-state index contributed by atoms with van der Waals surface area (Å²) in [5.74, 6) is -5.88. The summed E-state index contributed by atoms with van der Waals surface area (Å²) in [6.07, 6.45) is -4.61. The lowest BCUT2D eigenvalue weighted by molar-refractivity contribution is -0.143. The minimum atomic E-state index is -4.61. The second-order valence-corrected chi connectivity index (χ2v) is 3.01. The van der Waals surface area contributed by atoms with Crippen LogP contribution >= 0.6 is 0 Å². The Morgan fingerprint density at radius 3 is 1.62 bits per heavy atom.